The third kappa shape index (κ3) is 4.43. The van der Waals surface area contributed by atoms with E-state index in [1.807, 2.05) is 54.6 Å². The summed E-state index contributed by atoms with van der Waals surface area (Å²) in [7, 11) is 0. The van der Waals surface area contributed by atoms with E-state index in [4.69, 9.17) is 4.74 Å². The molecule has 0 radical (unpaired) electrons. The Bertz CT molecular complexity index is 535. The highest BCUT2D eigenvalue weighted by atomic mass is 16.5. The molecule has 2 aromatic carbocycles. The molecule has 20 heavy (non-hydrogen) atoms. The second kappa shape index (κ2) is 7.34. The van der Waals surface area contributed by atoms with Crippen LogP contribution in [0.5, 0.6) is 0 Å². The van der Waals surface area contributed by atoms with Gasteiger partial charge in [-0.15, -0.1) is 0 Å². The summed E-state index contributed by atoms with van der Waals surface area (Å²) < 4.78 is 5.16. The lowest BCUT2D eigenvalue weighted by Gasteiger charge is -2.07. The van der Waals surface area contributed by atoms with Crippen LogP contribution in [0.1, 0.15) is 24.5 Å². The Morgan fingerprint density at radius 1 is 1.00 bits per heavy atom. The van der Waals surface area contributed by atoms with Crippen molar-refractivity contribution in [2.45, 2.75) is 26.4 Å². The third-order valence-electron chi connectivity index (χ3n) is 2.95. The highest BCUT2D eigenvalue weighted by Crippen LogP contribution is 2.11. The molecule has 1 amide bonds. The van der Waals surface area contributed by atoms with Gasteiger partial charge in [0.15, 0.2) is 0 Å². The summed E-state index contributed by atoms with van der Waals surface area (Å²) in [5.74, 6) is 0. The highest BCUT2D eigenvalue weighted by molar-refractivity contribution is 5.84. The van der Waals surface area contributed by atoms with Crippen molar-refractivity contribution < 1.29 is 9.53 Å². The average Bonchev–Trinajstić information content (AvgIpc) is 2.49. The van der Waals surface area contributed by atoms with E-state index in [0.717, 1.165) is 24.1 Å². The Kier molecular flexibility index (Phi) is 5.18. The Morgan fingerprint density at radius 2 is 1.70 bits per heavy atom. The summed E-state index contributed by atoms with van der Waals surface area (Å²) in [4.78, 5) is 11.7. The largest absolute Gasteiger partial charge is 0.444 e. The van der Waals surface area contributed by atoms with Gasteiger partial charge in [-0.1, -0.05) is 55.8 Å². The monoisotopic (exact) mass is 269 g/mol. The second-order valence-electron chi connectivity index (χ2n) is 4.63. The molecule has 0 aromatic heterocycles. The molecule has 2 aromatic rings. The lowest BCUT2D eigenvalue weighted by atomic mass is 10.1. The molecule has 0 atom stereocenters. The molecule has 1 N–H and O–H groups in total. The number of amides is 1. The van der Waals surface area contributed by atoms with Crippen LogP contribution < -0.4 is 5.32 Å². The Balaban J connectivity index is 1.82. The maximum absolute atomic E-state index is 11.7. The van der Waals surface area contributed by atoms with Crippen LogP contribution in [0.4, 0.5) is 10.5 Å². The Labute approximate surface area is 119 Å². The van der Waals surface area contributed by atoms with Crippen LogP contribution >= 0.6 is 0 Å². The van der Waals surface area contributed by atoms with Gasteiger partial charge in [0.1, 0.15) is 6.61 Å². The molecule has 104 valence electrons. The van der Waals surface area contributed by atoms with Crippen molar-refractivity contribution in [1.29, 1.82) is 0 Å². The molecule has 0 aliphatic rings. The minimum atomic E-state index is -0.433. The molecular weight excluding hydrogens is 250 g/mol. The van der Waals surface area contributed by atoms with Gasteiger partial charge in [0, 0.05) is 5.69 Å². The van der Waals surface area contributed by atoms with Crippen LogP contribution in [-0.2, 0) is 17.8 Å². The minimum Gasteiger partial charge on any atom is -0.444 e. The number of carbonyl (C=O) groups excluding carboxylic acids is 1. The normalized spacial score (nSPS) is 10.1. The van der Waals surface area contributed by atoms with Crippen LogP contribution in [-0.4, -0.2) is 6.09 Å². The second-order valence-corrected chi connectivity index (χ2v) is 4.63. The smallest absolute Gasteiger partial charge is 0.411 e. The zero-order valence-corrected chi connectivity index (χ0v) is 11.6. The molecule has 0 heterocycles. The van der Waals surface area contributed by atoms with Crippen molar-refractivity contribution in [1.82, 2.24) is 0 Å². The third-order valence-corrected chi connectivity index (χ3v) is 2.95. The van der Waals surface area contributed by atoms with Gasteiger partial charge in [0.2, 0.25) is 0 Å². The molecule has 0 fully saturated rings. The van der Waals surface area contributed by atoms with Gasteiger partial charge in [-0.05, 0) is 29.7 Å². The lowest BCUT2D eigenvalue weighted by molar-refractivity contribution is 0.155. The first-order valence-electron chi connectivity index (χ1n) is 6.84. The van der Waals surface area contributed by atoms with E-state index in [1.165, 1.54) is 5.56 Å². The zero-order chi connectivity index (χ0) is 14.2. The molecule has 0 aliphatic heterocycles. The van der Waals surface area contributed by atoms with Gasteiger partial charge in [-0.3, -0.25) is 5.32 Å². The van der Waals surface area contributed by atoms with Crippen molar-refractivity contribution >= 4 is 11.8 Å². The predicted molar refractivity (Wildman–Crippen MR) is 80.7 cm³/mol. The fraction of sp³-hybridized carbons (Fsp3) is 0.235. The molecule has 3 heteroatoms. The number of hydrogen-bond donors (Lipinski definition) is 1. The van der Waals surface area contributed by atoms with Gasteiger partial charge in [0.25, 0.3) is 0 Å². The number of anilines is 1. The fourth-order valence-electron chi connectivity index (χ4n) is 1.92. The molecule has 0 unspecified atom stereocenters. The number of carbonyl (C=O) groups is 1. The van der Waals surface area contributed by atoms with E-state index in [1.54, 1.807) is 0 Å². The standard InChI is InChI=1S/C17H19NO2/c1-2-6-14-9-11-16(12-10-14)18-17(19)20-13-15-7-4-3-5-8-15/h3-5,7-12H,2,6,13H2,1H3,(H,18,19). The minimum absolute atomic E-state index is 0.278. The van der Waals surface area contributed by atoms with Crippen LogP contribution in [0.3, 0.4) is 0 Å². The summed E-state index contributed by atoms with van der Waals surface area (Å²) in [6, 6.07) is 17.5. The molecule has 0 bridgehead atoms. The SMILES string of the molecule is CCCc1ccc(NC(=O)OCc2ccccc2)cc1. The summed E-state index contributed by atoms with van der Waals surface area (Å²) >= 11 is 0. The van der Waals surface area contributed by atoms with Crippen molar-refractivity contribution in [3.8, 4) is 0 Å². The summed E-state index contributed by atoms with van der Waals surface area (Å²) in [6.45, 7) is 2.42. The Hall–Kier alpha value is -2.29. The molecule has 3 nitrogen and oxygen atoms in total. The van der Waals surface area contributed by atoms with Crippen molar-refractivity contribution in [3.05, 3.63) is 65.7 Å². The van der Waals surface area contributed by atoms with Crippen LogP contribution in [0.15, 0.2) is 54.6 Å². The number of ether oxygens (including phenoxy) is 1. The van der Waals surface area contributed by atoms with Gasteiger partial charge in [0.05, 0.1) is 0 Å². The number of rotatable bonds is 5. The van der Waals surface area contributed by atoms with Gasteiger partial charge >= 0.3 is 6.09 Å². The van der Waals surface area contributed by atoms with Crippen molar-refractivity contribution in [2.75, 3.05) is 5.32 Å². The molecule has 0 saturated carbocycles. The van der Waals surface area contributed by atoms with Crippen LogP contribution in [0, 0.1) is 0 Å². The van der Waals surface area contributed by atoms with E-state index in [9.17, 15) is 4.79 Å². The average molecular weight is 269 g/mol. The predicted octanol–water partition coefficient (Wildman–Crippen LogP) is 4.39. The first-order chi connectivity index (χ1) is 9.78. The quantitative estimate of drug-likeness (QED) is 0.874. The molecule has 2 rings (SSSR count). The van der Waals surface area contributed by atoms with Crippen molar-refractivity contribution in [2.24, 2.45) is 0 Å². The van der Waals surface area contributed by atoms with Crippen molar-refractivity contribution in [3.63, 3.8) is 0 Å². The molecular formula is C17H19NO2. The first kappa shape index (κ1) is 14.1. The van der Waals surface area contributed by atoms with Gasteiger partial charge < -0.3 is 4.74 Å². The molecule has 0 aliphatic carbocycles. The topological polar surface area (TPSA) is 38.3 Å². The fourth-order valence-corrected chi connectivity index (χ4v) is 1.92. The highest BCUT2D eigenvalue weighted by Gasteiger charge is 2.03. The van der Waals surface area contributed by atoms with E-state index >= 15 is 0 Å². The maximum Gasteiger partial charge on any atom is 0.411 e. The van der Waals surface area contributed by atoms with Crippen LogP contribution in [0.25, 0.3) is 0 Å². The summed E-state index contributed by atoms with van der Waals surface area (Å²) in [5, 5.41) is 2.72. The van der Waals surface area contributed by atoms with E-state index in [2.05, 4.69) is 12.2 Å². The zero-order valence-electron chi connectivity index (χ0n) is 11.6. The summed E-state index contributed by atoms with van der Waals surface area (Å²) in [5.41, 5.74) is 3.00. The Morgan fingerprint density at radius 3 is 2.35 bits per heavy atom. The number of hydrogen-bond acceptors (Lipinski definition) is 2. The first-order valence-corrected chi connectivity index (χ1v) is 6.84. The van der Waals surface area contributed by atoms with Crippen LogP contribution in [0.2, 0.25) is 0 Å². The lowest BCUT2D eigenvalue weighted by Crippen LogP contribution is -2.13. The van der Waals surface area contributed by atoms with Gasteiger partial charge in [-0.2, -0.15) is 0 Å². The van der Waals surface area contributed by atoms with Gasteiger partial charge in [-0.25, -0.2) is 4.79 Å². The molecule has 0 saturated heterocycles. The van der Waals surface area contributed by atoms with E-state index < -0.39 is 6.09 Å². The maximum atomic E-state index is 11.7. The number of nitrogens with one attached hydrogen (secondary N) is 1. The summed E-state index contributed by atoms with van der Waals surface area (Å²) in [6.07, 6.45) is 1.74. The number of benzene rings is 2. The number of aryl methyl sites for hydroxylation is 1. The molecule has 0 spiro atoms. The van der Waals surface area contributed by atoms with E-state index in [0.29, 0.717) is 0 Å². The van der Waals surface area contributed by atoms with E-state index in [-0.39, 0.29) is 6.61 Å².